The topological polar surface area (TPSA) is 53.1 Å². The number of anilines is 1. The van der Waals surface area contributed by atoms with Crippen LogP contribution in [0.5, 0.6) is 5.75 Å². The molecule has 1 aromatic heterocycles. The molecule has 0 amide bonds. The molecule has 1 aromatic carbocycles. The average Bonchev–Trinajstić information content (AvgIpc) is 2.69. The summed E-state index contributed by atoms with van der Waals surface area (Å²) in [5.74, 6) is 1.46. The van der Waals surface area contributed by atoms with Gasteiger partial charge in [0.15, 0.2) is 0 Å². The Morgan fingerprint density at radius 2 is 2.24 bits per heavy atom. The van der Waals surface area contributed by atoms with Gasteiger partial charge in [0.05, 0.1) is 23.8 Å². The van der Waals surface area contributed by atoms with Crippen molar-refractivity contribution in [3.05, 3.63) is 40.5 Å². The minimum Gasteiger partial charge on any atom is -0.497 e. The minimum atomic E-state index is 0.0661. The lowest BCUT2D eigenvalue weighted by molar-refractivity contribution is 0.413. The highest BCUT2D eigenvalue weighted by atomic mass is 79.9. The van der Waals surface area contributed by atoms with Crippen LogP contribution in [0.4, 0.5) is 5.82 Å². The Morgan fingerprint density at radius 3 is 2.82 bits per heavy atom. The van der Waals surface area contributed by atoms with Crippen LogP contribution in [0.1, 0.15) is 18.5 Å². The first kappa shape index (κ1) is 12.0. The molecule has 2 aromatic rings. The number of methoxy groups -OCH3 is 1. The molecule has 0 radical (unpaired) electrons. The van der Waals surface area contributed by atoms with Gasteiger partial charge in [-0.3, -0.25) is 0 Å². The number of ether oxygens (including phenoxy) is 1. The minimum absolute atomic E-state index is 0.0661. The van der Waals surface area contributed by atoms with E-state index in [0.717, 1.165) is 15.8 Å². The Balaban J connectivity index is 2.36. The molecule has 4 nitrogen and oxygen atoms in total. The Labute approximate surface area is 109 Å². The van der Waals surface area contributed by atoms with E-state index in [4.69, 9.17) is 10.5 Å². The molecule has 17 heavy (non-hydrogen) atoms. The zero-order chi connectivity index (χ0) is 12.4. The van der Waals surface area contributed by atoms with E-state index >= 15 is 0 Å². The van der Waals surface area contributed by atoms with E-state index in [2.05, 4.69) is 21.0 Å². The fraction of sp³-hybridized carbons (Fsp3) is 0.250. The van der Waals surface area contributed by atoms with Gasteiger partial charge in [0.1, 0.15) is 11.6 Å². The lowest BCUT2D eigenvalue weighted by atomic mass is 10.1. The normalized spacial score (nSPS) is 12.4. The highest BCUT2D eigenvalue weighted by Crippen LogP contribution is 2.27. The third kappa shape index (κ3) is 2.29. The molecule has 0 aliphatic carbocycles. The van der Waals surface area contributed by atoms with Crippen LogP contribution < -0.4 is 10.5 Å². The Morgan fingerprint density at radius 1 is 1.47 bits per heavy atom. The summed E-state index contributed by atoms with van der Waals surface area (Å²) in [4.78, 5) is 0. The average molecular weight is 296 g/mol. The van der Waals surface area contributed by atoms with Crippen LogP contribution in [0.3, 0.4) is 0 Å². The molecule has 1 atom stereocenters. The van der Waals surface area contributed by atoms with Crippen LogP contribution in [-0.4, -0.2) is 16.9 Å². The molecule has 5 heteroatoms. The van der Waals surface area contributed by atoms with E-state index < -0.39 is 0 Å². The maximum atomic E-state index is 5.93. The molecular weight excluding hydrogens is 282 g/mol. The molecule has 0 saturated carbocycles. The van der Waals surface area contributed by atoms with Crippen molar-refractivity contribution in [3.8, 4) is 5.75 Å². The number of halogens is 1. The van der Waals surface area contributed by atoms with Crippen molar-refractivity contribution in [2.24, 2.45) is 0 Å². The van der Waals surface area contributed by atoms with Crippen molar-refractivity contribution in [3.63, 3.8) is 0 Å². The van der Waals surface area contributed by atoms with Gasteiger partial charge in [-0.15, -0.1) is 0 Å². The van der Waals surface area contributed by atoms with Crippen molar-refractivity contribution in [2.45, 2.75) is 13.0 Å². The number of nitrogen functional groups attached to an aromatic ring is 1. The first-order valence-corrected chi connectivity index (χ1v) is 6.05. The van der Waals surface area contributed by atoms with E-state index in [0.29, 0.717) is 5.82 Å². The fourth-order valence-corrected chi connectivity index (χ4v) is 1.98. The lowest BCUT2D eigenvalue weighted by Crippen LogP contribution is -2.11. The number of nitrogens with two attached hydrogens (primary N) is 1. The standard InChI is InChI=1S/C12H14BrN3O/c1-8(16-12(14)11(13)7-15-16)9-4-3-5-10(6-9)17-2/h3-8H,14H2,1-2H3. The van der Waals surface area contributed by atoms with Crippen LogP contribution in [0.15, 0.2) is 34.9 Å². The van der Waals surface area contributed by atoms with Gasteiger partial charge in [0, 0.05) is 0 Å². The summed E-state index contributed by atoms with van der Waals surface area (Å²) in [7, 11) is 1.66. The quantitative estimate of drug-likeness (QED) is 0.947. The number of hydrogen-bond acceptors (Lipinski definition) is 3. The lowest BCUT2D eigenvalue weighted by Gasteiger charge is -2.15. The van der Waals surface area contributed by atoms with Gasteiger partial charge in [-0.1, -0.05) is 12.1 Å². The number of benzene rings is 1. The monoisotopic (exact) mass is 295 g/mol. The van der Waals surface area contributed by atoms with E-state index in [1.54, 1.807) is 18.0 Å². The highest BCUT2D eigenvalue weighted by molar-refractivity contribution is 9.10. The SMILES string of the molecule is COc1cccc(C(C)n2ncc(Br)c2N)c1. The molecule has 1 unspecified atom stereocenters. The van der Waals surface area contributed by atoms with Crippen molar-refractivity contribution in [2.75, 3.05) is 12.8 Å². The van der Waals surface area contributed by atoms with Gasteiger partial charge in [0.2, 0.25) is 0 Å². The molecule has 0 spiro atoms. The number of nitrogens with zero attached hydrogens (tertiary/aromatic N) is 2. The first-order valence-electron chi connectivity index (χ1n) is 5.26. The van der Waals surface area contributed by atoms with Crippen LogP contribution >= 0.6 is 15.9 Å². The molecule has 0 bridgehead atoms. The largest absolute Gasteiger partial charge is 0.497 e. The summed E-state index contributed by atoms with van der Waals surface area (Å²) in [5, 5.41) is 4.25. The second-order valence-corrected chi connectivity index (χ2v) is 4.63. The Kier molecular flexibility index (Phi) is 3.38. The second kappa shape index (κ2) is 4.79. The summed E-state index contributed by atoms with van der Waals surface area (Å²) >= 11 is 3.35. The summed E-state index contributed by atoms with van der Waals surface area (Å²) in [6.45, 7) is 2.05. The van der Waals surface area contributed by atoms with Gasteiger partial charge in [0.25, 0.3) is 0 Å². The molecule has 0 fully saturated rings. The van der Waals surface area contributed by atoms with Gasteiger partial charge in [-0.2, -0.15) is 5.10 Å². The summed E-state index contributed by atoms with van der Waals surface area (Å²) in [6, 6.07) is 7.95. The maximum absolute atomic E-state index is 5.93. The molecule has 2 N–H and O–H groups in total. The summed E-state index contributed by atoms with van der Waals surface area (Å²) in [5.41, 5.74) is 7.04. The van der Waals surface area contributed by atoms with E-state index in [9.17, 15) is 0 Å². The number of hydrogen-bond donors (Lipinski definition) is 1. The second-order valence-electron chi connectivity index (χ2n) is 3.77. The molecule has 0 aliphatic heterocycles. The fourth-order valence-electron chi connectivity index (χ4n) is 1.70. The Hall–Kier alpha value is -1.49. The van der Waals surface area contributed by atoms with Crippen LogP contribution in [0, 0.1) is 0 Å². The number of aromatic nitrogens is 2. The molecule has 0 saturated heterocycles. The molecule has 90 valence electrons. The zero-order valence-electron chi connectivity index (χ0n) is 9.72. The molecule has 0 aliphatic rings. The van der Waals surface area contributed by atoms with Crippen LogP contribution in [0.2, 0.25) is 0 Å². The molecule has 1 heterocycles. The maximum Gasteiger partial charge on any atom is 0.136 e. The van der Waals surface area contributed by atoms with Crippen molar-refractivity contribution in [1.29, 1.82) is 0 Å². The smallest absolute Gasteiger partial charge is 0.136 e. The predicted octanol–water partition coefficient (Wildman–Crippen LogP) is 2.85. The summed E-state index contributed by atoms with van der Waals surface area (Å²) < 4.78 is 7.80. The van der Waals surface area contributed by atoms with E-state index in [-0.39, 0.29) is 6.04 Å². The predicted molar refractivity (Wildman–Crippen MR) is 71.1 cm³/mol. The van der Waals surface area contributed by atoms with E-state index in [1.165, 1.54) is 0 Å². The molecular formula is C12H14BrN3O. The third-order valence-corrected chi connectivity index (χ3v) is 3.34. The summed E-state index contributed by atoms with van der Waals surface area (Å²) in [6.07, 6.45) is 1.70. The Bertz CT molecular complexity index is 524. The number of rotatable bonds is 3. The van der Waals surface area contributed by atoms with Crippen molar-refractivity contribution in [1.82, 2.24) is 9.78 Å². The molecule has 2 rings (SSSR count). The zero-order valence-corrected chi connectivity index (χ0v) is 11.3. The third-order valence-electron chi connectivity index (χ3n) is 2.73. The van der Waals surface area contributed by atoms with Gasteiger partial charge >= 0.3 is 0 Å². The van der Waals surface area contributed by atoms with Crippen molar-refractivity contribution < 1.29 is 4.74 Å². The van der Waals surface area contributed by atoms with Gasteiger partial charge < -0.3 is 10.5 Å². The van der Waals surface area contributed by atoms with Crippen molar-refractivity contribution >= 4 is 21.7 Å². The highest BCUT2D eigenvalue weighted by Gasteiger charge is 2.13. The van der Waals surface area contributed by atoms with E-state index in [1.807, 2.05) is 31.2 Å². The van der Waals surface area contributed by atoms with Crippen LogP contribution in [0.25, 0.3) is 0 Å². The van der Waals surface area contributed by atoms with Gasteiger partial charge in [-0.05, 0) is 40.5 Å². The van der Waals surface area contributed by atoms with Gasteiger partial charge in [-0.25, -0.2) is 4.68 Å². The van der Waals surface area contributed by atoms with Crippen LogP contribution in [-0.2, 0) is 0 Å². The first-order chi connectivity index (χ1) is 8.13.